The van der Waals surface area contributed by atoms with E-state index in [-0.39, 0.29) is 0 Å². The van der Waals surface area contributed by atoms with E-state index in [0.717, 1.165) is 17.0 Å². The van der Waals surface area contributed by atoms with E-state index in [0.29, 0.717) is 0 Å². The Labute approximate surface area is 70.9 Å². The van der Waals surface area contributed by atoms with Crippen LogP contribution < -0.4 is 5.84 Å². The molecular weight excluding hydrogens is 227 g/mol. The van der Waals surface area contributed by atoms with E-state index in [1.807, 2.05) is 5.01 Å². The molecule has 0 aliphatic rings. The van der Waals surface area contributed by atoms with Crippen molar-refractivity contribution in [3.63, 3.8) is 0 Å². The standard InChI is InChI=1S/C6H15IN2/c1-3-9(8)5-4-6(2)7/h6H,3-5,8H2,1-2H3. The summed E-state index contributed by atoms with van der Waals surface area (Å²) in [6.07, 6.45) is 1.19. The summed E-state index contributed by atoms with van der Waals surface area (Å²) >= 11 is 2.41. The zero-order valence-electron chi connectivity index (χ0n) is 6.10. The summed E-state index contributed by atoms with van der Waals surface area (Å²) in [5.41, 5.74) is 0. The van der Waals surface area contributed by atoms with Gasteiger partial charge >= 0.3 is 0 Å². The van der Waals surface area contributed by atoms with Gasteiger partial charge in [-0.2, -0.15) is 0 Å². The van der Waals surface area contributed by atoms with Crippen LogP contribution in [0.5, 0.6) is 0 Å². The molecule has 0 fully saturated rings. The molecule has 0 aliphatic carbocycles. The van der Waals surface area contributed by atoms with Crippen LogP contribution in [0.15, 0.2) is 0 Å². The molecule has 2 N–H and O–H groups in total. The van der Waals surface area contributed by atoms with Crippen molar-refractivity contribution in [1.29, 1.82) is 0 Å². The van der Waals surface area contributed by atoms with Crippen molar-refractivity contribution in [3.05, 3.63) is 0 Å². The van der Waals surface area contributed by atoms with Gasteiger partial charge in [0, 0.05) is 17.0 Å². The molecule has 0 aromatic carbocycles. The maximum absolute atomic E-state index is 5.55. The van der Waals surface area contributed by atoms with Crippen LogP contribution >= 0.6 is 22.6 Å². The SMILES string of the molecule is CCN(N)CCC(C)I. The topological polar surface area (TPSA) is 29.3 Å². The monoisotopic (exact) mass is 242 g/mol. The van der Waals surface area contributed by atoms with Gasteiger partial charge in [-0.3, -0.25) is 5.84 Å². The van der Waals surface area contributed by atoms with Crippen LogP contribution in [-0.2, 0) is 0 Å². The highest BCUT2D eigenvalue weighted by Crippen LogP contribution is 2.03. The van der Waals surface area contributed by atoms with Gasteiger partial charge in [-0.25, -0.2) is 5.01 Å². The van der Waals surface area contributed by atoms with Gasteiger partial charge in [0.05, 0.1) is 0 Å². The second kappa shape index (κ2) is 5.44. The molecule has 56 valence electrons. The van der Waals surface area contributed by atoms with E-state index in [9.17, 15) is 0 Å². The van der Waals surface area contributed by atoms with Gasteiger partial charge in [0.25, 0.3) is 0 Å². The Kier molecular flexibility index (Phi) is 5.83. The van der Waals surface area contributed by atoms with Crippen LogP contribution in [0.3, 0.4) is 0 Å². The first-order valence-electron chi connectivity index (χ1n) is 3.30. The van der Waals surface area contributed by atoms with Gasteiger partial charge in [-0.05, 0) is 6.42 Å². The predicted molar refractivity (Wildman–Crippen MR) is 49.5 cm³/mol. The first-order valence-corrected chi connectivity index (χ1v) is 4.55. The van der Waals surface area contributed by atoms with Gasteiger partial charge in [0.1, 0.15) is 0 Å². The molecule has 0 bridgehead atoms. The van der Waals surface area contributed by atoms with E-state index in [2.05, 4.69) is 36.4 Å². The second-order valence-corrected chi connectivity index (χ2v) is 4.32. The fourth-order valence-electron chi connectivity index (χ4n) is 0.502. The minimum absolute atomic E-state index is 0.736. The number of hydrogen-bond donors (Lipinski definition) is 1. The lowest BCUT2D eigenvalue weighted by atomic mass is 10.3. The van der Waals surface area contributed by atoms with Crippen molar-refractivity contribution in [2.75, 3.05) is 13.1 Å². The number of nitrogens with zero attached hydrogens (tertiary/aromatic N) is 1. The third-order valence-corrected chi connectivity index (χ3v) is 1.84. The highest BCUT2D eigenvalue weighted by atomic mass is 127. The molecule has 0 aliphatic heterocycles. The van der Waals surface area contributed by atoms with E-state index in [4.69, 9.17) is 5.84 Å². The Morgan fingerprint density at radius 1 is 1.67 bits per heavy atom. The molecule has 0 aromatic rings. The Morgan fingerprint density at radius 3 is 2.56 bits per heavy atom. The number of halogens is 1. The third kappa shape index (κ3) is 6.54. The van der Waals surface area contributed by atoms with Crippen molar-refractivity contribution in [1.82, 2.24) is 5.01 Å². The Bertz CT molecular complexity index is 66.1. The smallest absolute Gasteiger partial charge is 0.0138 e. The molecule has 0 saturated carbocycles. The van der Waals surface area contributed by atoms with Crippen molar-refractivity contribution >= 4 is 22.6 Å². The normalized spacial score (nSPS) is 14.3. The summed E-state index contributed by atoms with van der Waals surface area (Å²) in [6.45, 7) is 6.23. The predicted octanol–water partition coefficient (Wildman–Crippen LogP) is 1.40. The van der Waals surface area contributed by atoms with Gasteiger partial charge in [0.15, 0.2) is 0 Å². The lowest BCUT2D eigenvalue weighted by Gasteiger charge is -2.13. The van der Waals surface area contributed by atoms with Gasteiger partial charge in [-0.1, -0.05) is 36.4 Å². The lowest BCUT2D eigenvalue weighted by Crippen LogP contribution is -2.32. The second-order valence-electron chi connectivity index (χ2n) is 2.20. The van der Waals surface area contributed by atoms with E-state index >= 15 is 0 Å². The molecular formula is C6H15IN2. The average molecular weight is 242 g/mol. The van der Waals surface area contributed by atoms with Crippen molar-refractivity contribution < 1.29 is 0 Å². The Morgan fingerprint density at radius 2 is 2.22 bits per heavy atom. The molecule has 1 unspecified atom stereocenters. The molecule has 0 radical (unpaired) electrons. The highest BCUT2D eigenvalue weighted by Gasteiger charge is 1.97. The van der Waals surface area contributed by atoms with Crippen LogP contribution in [0, 0.1) is 0 Å². The van der Waals surface area contributed by atoms with E-state index in [1.165, 1.54) is 6.42 Å². The van der Waals surface area contributed by atoms with E-state index < -0.39 is 0 Å². The summed E-state index contributed by atoms with van der Waals surface area (Å²) < 4.78 is 0.736. The molecule has 0 spiro atoms. The first kappa shape index (κ1) is 9.65. The average Bonchev–Trinajstić information content (AvgIpc) is 1.83. The fourth-order valence-corrected chi connectivity index (χ4v) is 0.780. The summed E-state index contributed by atoms with van der Waals surface area (Å²) in [5.74, 6) is 5.55. The summed E-state index contributed by atoms with van der Waals surface area (Å²) in [7, 11) is 0. The molecule has 0 rings (SSSR count). The Balaban J connectivity index is 3.06. The van der Waals surface area contributed by atoms with Gasteiger partial charge in [0.2, 0.25) is 0 Å². The number of hydrogen-bond acceptors (Lipinski definition) is 2. The molecule has 0 heterocycles. The lowest BCUT2D eigenvalue weighted by molar-refractivity contribution is 0.296. The number of rotatable bonds is 4. The molecule has 2 nitrogen and oxygen atoms in total. The maximum atomic E-state index is 5.55. The molecule has 1 atom stereocenters. The summed E-state index contributed by atoms with van der Waals surface area (Å²) in [5, 5.41) is 1.84. The largest absolute Gasteiger partial charge is 0.269 e. The molecule has 0 aromatic heterocycles. The molecule has 9 heavy (non-hydrogen) atoms. The maximum Gasteiger partial charge on any atom is 0.0138 e. The van der Waals surface area contributed by atoms with Crippen LogP contribution in [0.4, 0.5) is 0 Å². The fraction of sp³-hybridized carbons (Fsp3) is 1.00. The van der Waals surface area contributed by atoms with Crippen molar-refractivity contribution in [3.8, 4) is 0 Å². The summed E-state index contributed by atoms with van der Waals surface area (Å²) in [6, 6.07) is 0. The minimum atomic E-state index is 0.736. The quantitative estimate of drug-likeness (QED) is 0.349. The number of alkyl halides is 1. The van der Waals surface area contributed by atoms with Crippen molar-refractivity contribution in [2.45, 2.75) is 24.2 Å². The van der Waals surface area contributed by atoms with Gasteiger partial charge < -0.3 is 0 Å². The number of nitrogens with two attached hydrogens (primary N) is 1. The molecule has 0 saturated heterocycles. The zero-order chi connectivity index (χ0) is 7.28. The van der Waals surface area contributed by atoms with Crippen LogP contribution in [0.2, 0.25) is 0 Å². The third-order valence-electron chi connectivity index (χ3n) is 1.22. The minimum Gasteiger partial charge on any atom is -0.269 e. The Hall–Kier alpha value is 0.650. The van der Waals surface area contributed by atoms with Crippen LogP contribution in [0.25, 0.3) is 0 Å². The zero-order valence-corrected chi connectivity index (χ0v) is 8.26. The summed E-state index contributed by atoms with van der Waals surface area (Å²) in [4.78, 5) is 0. The highest BCUT2D eigenvalue weighted by molar-refractivity contribution is 14.1. The van der Waals surface area contributed by atoms with Gasteiger partial charge in [-0.15, -0.1) is 0 Å². The van der Waals surface area contributed by atoms with Crippen LogP contribution in [0.1, 0.15) is 20.3 Å². The first-order chi connectivity index (χ1) is 4.16. The number of hydrazine groups is 1. The van der Waals surface area contributed by atoms with E-state index in [1.54, 1.807) is 0 Å². The molecule has 3 heteroatoms. The van der Waals surface area contributed by atoms with Crippen molar-refractivity contribution in [2.24, 2.45) is 5.84 Å². The van der Waals surface area contributed by atoms with Crippen LogP contribution in [-0.4, -0.2) is 22.0 Å². The molecule has 0 amide bonds.